The second-order valence-electron chi connectivity index (χ2n) is 8.52. The fourth-order valence-electron chi connectivity index (χ4n) is 5.32. The first kappa shape index (κ1) is 18.5. The average Bonchev–Trinajstić information content (AvgIpc) is 3.24. The van der Waals surface area contributed by atoms with E-state index in [1.54, 1.807) is 0 Å². The van der Waals surface area contributed by atoms with Crippen LogP contribution in [0.3, 0.4) is 0 Å². The first-order valence-corrected chi connectivity index (χ1v) is 13.0. The highest BCUT2D eigenvalue weighted by Crippen LogP contribution is 2.33. The molecule has 0 aromatic carbocycles. The Morgan fingerprint density at radius 3 is 2.56 bits per heavy atom. The maximum atomic E-state index is 11.8. The van der Waals surface area contributed by atoms with Crippen molar-refractivity contribution in [3.05, 3.63) is 0 Å². The lowest BCUT2D eigenvalue weighted by molar-refractivity contribution is 0.120. The average molecular weight is 388 g/mol. The molecule has 0 spiro atoms. The number of hydrogen-bond donors (Lipinski definition) is 2. The van der Waals surface area contributed by atoms with Crippen LogP contribution in [-0.2, 0) is 9.84 Å². The molecule has 3 saturated heterocycles. The van der Waals surface area contributed by atoms with E-state index in [0.717, 1.165) is 37.5 Å². The minimum Gasteiger partial charge on any atom is -0.310 e. The molecule has 3 aliphatic heterocycles. The highest BCUT2D eigenvalue weighted by molar-refractivity contribution is 8.00. The molecule has 4 aliphatic rings. The summed E-state index contributed by atoms with van der Waals surface area (Å²) in [6.07, 6.45) is 9.69. The first-order valence-electron chi connectivity index (χ1n) is 10.0. The van der Waals surface area contributed by atoms with Gasteiger partial charge in [-0.25, -0.2) is 8.42 Å². The van der Waals surface area contributed by atoms with Crippen LogP contribution >= 0.6 is 11.8 Å². The SMILES string of the molecule is CS(=O)(=O)C1CCC(C2CNC3CCN(CC4CCCS4)C3N2)CC1. The summed E-state index contributed by atoms with van der Waals surface area (Å²) in [7, 11) is -2.86. The molecule has 1 saturated carbocycles. The summed E-state index contributed by atoms with van der Waals surface area (Å²) in [4.78, 5) is 2.68. The third-order valence-corrected chi connectivity index (χ3v) is 9.91. The molecule has 1 aliphatic carbocycles. The largest absolute Gasteiger partial charge is 0.310 e. The number of rotatable bonds is 4. The Hall–Kier alpha value is 0.180. The number of nitrogens with zero attached hydrogens (tertiary/aromatic N) is 1. The number of piperazine rings is 1. The molecular weight excluding hydrogens is 354 g/mol. The van der Waals surface area contributed by atoms with Crippen molar-refractivity contribution in [1.29, 1.82) is 0 Å². The molecule has 144 valence electrons. The molecular formula is C18H33N3O2S2. The van der Waals surface area contributed by atoms with E-state index in [0.29, 0.717) is 24.2 Å². The second-order valence-corrected chi connectivity index (χ2v) is 12.3. The quantitative estimate of drug-likeness (QED) is 0.761. The lowest BCUT2D eigenvalue weighted by Crippen LogP contribution is -2.65. The van der Waals surface area contributed by atoms with Crippen LogP contribution in [-0.4, -0.2) is 73.7 Å². The van der Waals surface area contributed by atoms with Crippen LogP contribution in [0.25, 0.3) is 0 Å². The van der Waals surface area contributed by atoms with Gasteiger partial charge in [-0.2, -0.15) is 11.8 Å². The van der Waals surface area contributed by atoms with Gasteiger partial charge in [-0.05, 0) is 56.6 Å². The smallest absolute Gasteiger partial charge is 0.150 e. The van der Waals surface area contributed by atoms with E-state index >= 15 is 0 Å². The maximum absolute atomic E-state index is 11.8. The van der Waals surface area contributed by atoms with Gasteiger partial charge in [0.2, 0.25) is 0 Å². The highest BCUT2D eigenvalue weighted by atomic mass is 32.2. The zero-order chi connectivity index (χ0) is 17.4. The molecule has 3 heterocycles. The Bertz CT molecular complexity index is 557. The third-order valence-electron chi connectivity index (χ3n) is 6.84. The van der Waals surface area contributed by atoms with Crippen molar-refractivity contribution in [3.63, 3.8) is 0 Å². The van der Waals surface area contributed by atoms with Gasteiger partial charge < -0.3 is 5.32 Å². The molecule has 0 aromatic rings. The van der Waals surface area contributed by atoms with E-state index in [-0.39, 0.29) is 5.25 Å². The Labute approximate surface area is 157 Å². The molecule has 4 atom stereocenters. The third kappa shape index (κ3) is 4.21. The van der Waals surface area contributed by atoms with Gasteiger partial charge in [0, 0.05) is 43.2 Å². The number of nitrogens with one attached hydrogen (secondary N) is 2. The Balaban J connectivity index is 1.32. The van der Waals surface area contributed by atoms with Crippen LogP contribution in [0.2, 0.25) is 0 Å². The maximum Gasteiger partial charge on any atom is 0.150 e. The van der Waals surface area contributed by atoms with Gasteiger partial charge in [-0.1, -0.05) is 0 Å². The van der Waals surface area contributed by atoms with E-state index in [1.165, 1.54) is 44.4 Å². The molecule has 25 heavy (non-hydrogen) atoms. The molecule has 0 amide bonds. The molecule has 0 bridgehead atoms. The van der Waals surface area contributed by atoms with E-state index in [1.807, 2.05) is 0 Å². The Morgan fingerprint density at radius 2 is 1.88 bits per heavy atom. The summed E-state index contributed by atoms with van der Waals surface area (Å²) in [5.74, 6) is 1.96. The van der Waals surface area contributed by atoms with Crippen molar-refractivity contribution >= 4 is 21.6 Å². The minimum atomic E-state index is -2.86. The van der Waals surface area contributed by atoms with Crippen molar-refractivity contribution in [2.24, 2.45) is 5.92 Å². The van der Waals surface area contributed by atoms with Crippen molar-refractivity contribution in [3.8, 4) is 0 Å². The van der Waals surface area contributed by atoms with Crippen LogP contribution in [0.15, 0.2) is 0 Å². The van der Waals surface area contributed by atoms with Crippen LogP contribution in [0.4, 0.5) is 0 Å². The lowest BCUT2D eigenvalue weighted by Gasteiger charge is -2.43. The molecule has 7 heteroatoms. The fourth-order valence-corrected chi connectivity index (χ4v) is 7.75. The summed E-state index contributed by atoms with van der Waals surface area (Å²) in [5.41, 5.74) is 0. The summed E-state index contributed by atoms with van der Waals surface area (Å²) in [6, 6.07) is 1.09. The Morgan fingerprint density at radius 1 is 1.08 bits per heavy atom. The van der Waals surface area contributed by atoms with E-state index in [9.17, 15) is 8.42 Å². The summed E-state index contributed by atoms with van der Waals surface area (Å²) in [5, 5.41) is 8.49. The number of likely N-dealkylation sites (tertiary alicyclic amines) is 1. The predicted octanol–water partition coefficient (Wildman–Crippen LogP) is 1.45. The number of sulfone groups is 1. The van der Waals surface area contributed by atoms with Crippen LogP contribution in [0.1, 0.15) is 44.9 Å². The molecule has 4 fully saturated rings. The zero-order valence-corrected chi connectivity index (χ0v) is 17.0. The normalized spacial score (nSPS) is 43.2. The van der Waals surface area contributed by atoms with Gasteiger partial charge >= 0.3 is 0 Å². The summed E-state index contributed by atoms with van der Waals surface area (Å²) in [6.45, 7) is 3.48. The predicted molar refractivity (Wildman–Crippen MR) is 105 cm³/mol. The highest BCUT2D eigenvalue weighted by Gasteiger charge is 2.42. The fraction of sp³-hybridized carbons (Fsp3) is 1.00. The monoisotopic (exact) mass is 387 g/mol. The van der Waals surface area contributed by atoms with E-state index in [4.69, 9.17) is 0 Å². The van der Waals surface area contributed by atoms with Crippen LogP contribution < -0.4 is 10.6 Å². The number of fused-ring (bicyclic) bond motifs is 1. The van der Waals surface area contributed by atoms with Gasteiger partial charge in [0.05, 0.1) is 11.4 Å². The molecule has 4 rings (SSSR count). The van der Waals surface area contributed by atoms with Crippen molar-refractivity contribution in [1.82, 2.24) is 15.5 Å². The number of thioether (sulfide) groups is 1. The van der Waals surface area contributed by atoms with Crippen LogP contribution in [0, 0.1) is 5.92 Å². The van der Waals surface area contributed by atoms with E-state index < -0.39 is 9.84 Å². The molecule has 0 radical (unpaired) electrons. The van der Waals surface area contributed by atoms with Gasteiger partial charge in [0.15, 0.2) is 0 Å². The van der Waals surface area contributed by atoms with Crippen molar-refractivity contribution in [2.45, 2.75) is 73.7 Å². The first-order chi connectivity index (χ1) is 12.0. The Kier molecular flexibility index (Phi) is 5.68. The summed E-state index contributed by atoms with van der Waals surface area (Å²) < 4.78 is 23.6. The molecule has 0 aromatic heterocycles. The standard InChI is InChI=1S/C18H33N3O2S2/c1-25(22,23)15-6-4-13(5-7-15)17-11-19-16-8-9-21(18(16)20-17)12-14-3-2-10-24-14/h13-20H,2-12H2,1H3. The zero-order valence-electron chi connectivity index (χ0n) is 15.3. The topological polar surface area (TPSA) is 61.4 Å². The molecule has 2 N–H and O–H groups in total. The summed E-state index contributed by atoms with van der Waals surface area (Å²) >= 11 is 2.15. The van der Waals surface area contributed by atoms with Gasteiger partial charge in [0.25, 0.3) is 0 Å². The number of hydrogen-bond acceptors (Lipinski definition) is 6. The van der Waals surface area contributed by atoms with Gasteiger partial charge in [-0.3, -0.25) is 10.2 Å². The second kappa shape index (κ2) is 7.66. The van der Waals surface area contributed by atoms with E-state index in [2.05, 4.69) is 27.3 Å². The molecule has 5 nitrogen and oxygen atoms in total. The van der Waals surface area contributed by atoms with Crippen LogP contribution in [0.5, 0.6) is 0 Å². The molecule has 4 unspecified atom stereocenters. The van der Waals surface area contributed by atoms with Crippen molar-refractivity contribution in [2.75, 3.05) is 31.6 Å². The lowest BCUT2D eigenvalue weighted by atomic mass is 9.82. The van der Waals surface area contributed by atoms with Gasteiger partial charge in [-0.15, -0.1) is 0 Å². The van der Waals surface area contributed by atoms with Gasteiger partial charge in [0.1, 0.15) is 9.84 Å². The van der Waals surface area contributed by atoms with Crippen molar-refractivity contribution < 1.29 is 8.42 Å². The minimum absolute atomic E-state index is 0.101.